The highest BCUT2D eigenvalue weighted by Crippen LogP contribution is 2.61. The number of nitrogens with zero attached hydrogens (tertiary/aromatic N) is 1. The van der Waals surface area contributed by atoms with E-state index in [0.29, 0.717) is 12.8 Å². The van der Waals surface area contributed by atoms with E-state index < -0.39 is 99.4 Å². The molecule has 0 aromatic carbocycles. The number of rotatable bonds is 7. The van der Waals surface area contributed by atoms with Crippen molar-refractivity contribution >= 4 is 28.0 Å². The Morgan fingerprint density at radius 3 is 2.05 bits per heavy atom. The molecule has 6 atom stereocenters. The number of esters is 2. The van der Waals surface area contributed by atoms with Crippen LogP contribution in [0.3, 0.4) is 0 Å². The number of amides is 1. The first-order valence-corrected chi connectivity index (χ1v) is 14.3. The summed E-state index contributed by atoms with van der Waals surface area (Å²) in [6, 6.07) is -1.19. The molecule has 0 aromatic heterocycles. The molecule has 0 radical (unpaired) electrons. The van der Waals surface area contributed by atoms with Gasteiger partial charge in [0.15, 0.2) is 0 Å². The van der Waals surface area contributed by atoms with Crippen LogP contribution in [0.15, 0.2) is 0 Å². The summed E-state index contributed by atoms with van der Waals surface area (Å²) in [5.74, 6) is -11.9. The maximum absolute atomic E-state index is 13.8. The Kier molecular flexibility index (Phi) is 7.48. The van der Waals surface area contributed by atoms with Gasteiger partial charge in [-0.15, -0.1) is 0 Å². The fourth-order valence-electron chi connectivity index (χ4n) is 6.96. The van der Waals surface area contributed by atoms with Crippen LogP contribution in [0.2, 0.25) is 0 Å². The van der Waals surface area contributed by atoms with Gasteiger partial charge in [0.25, 0.3) is 10.1 Å². The Morgan fingerprint density at radius 1 is 1.00 bits per heavy atom. The number of carbonyl (C=O) groups excluding carboxylic acids is 3. The summed E-state index contributed by atoms with van der Waals surface area (Å²) < 4.78 is 124. The lowest BCUT2D eigenvalue weighted by atomic mass is 9.78. The fourth-order valence-corrected chi connectivity index (χ4v) is 7.86. The van der Waals surface area contributed by atoms with Gasteiger partial charge in [0, 0.05) is 12.0 Å². The van der Waals surface area contributed by atoms with E-state index in [1.807, 2.05) is 0 Å². The van der Waals surface area contributed by atoms with Gasteiger partial charge < -0.3 is 14.4 Å². The molecule has 4 aliphatic rings. The highest BCUT2D eigenvalue weighted by molar-refractivity contribution is 7.85. The van der Waals surface area contributed by atoms with Crippen LogP contribution in [0.4, 0.5) is 26.3 Å². The average Bonchev–Trinajstić information content (AvgIpc) is 3.39. The lowest BCUT2D eigenvalue weighted by molar-refractivity contribution is -0.362. The summed E-state index contributed by atoms with van der Waals surface area (Å²) in [4.78, 5) is 40.8. The van der Waals surface area contributed by atoms with Crippen molar-refractivity contribution in [2.45, 2.75) is 88.5 Å². The topological polar surface area (TPSA) is 127 Å². The number of halogens is 6. The maximum Gasteiger partial charge on any atom is 0.438 e. The molecule has 0 aromatic rings. The van der Waals surface area contributed by atoms with Gasteiger partial charge in [-0.25, -0.2) is 0 Å². The van der Waals surface area contributed by atoms with E-state index in [4.69, 9.17) is 9.29 Å². The second-order valence-electron chi connectivity index (χ2n) is 11.2. The van der Waals surface area contributed by atoms with Crippen molar-refractivity contribution in [2.24, 2.45) is 29.6 Å². The maximum atomic E-state index is 13.8. The summed E-state index contributed by atoms with van der Waals surface area (Å²) in [5.41, 5.74) is -5.58. The second kappa shape index (κ2) is 9.77. The number of fused-ring (bicyclic) bond motifs is 1. The lowest BCUT2D eigenvalue weighted by Gasteiger charge is -2.39. The molecule has 222 valence electrons. The van der Waals surface area contributed by atoms with Gasteiger partial charge in [-0.05, 0) is 39.0 Å². The molecular formula is C23H29F6NO8S. The SMILES string of the molecule is CC(C)N1C(=O)C2C3CC(C(OC(=O)C4CCCCC4)C31)C2C(=O)OC(CS(=O)(=O)O)(C(F)(F)F)C(F)(F)F. The molecule has 1 amide bonds. The van der Waals surface area contributed by atoms with Crippen molar-refractivity contribution in [3.63, 3.8) is 0 Å². The quantitative estimate of drug-likeness (QED) is 0.271. The molecule has 4 rings (SSSR count). The highest BCUT2D eigenvalue weighted by Gasteiger charge is 2.78. The third kappa shape index (κ3) is 4.99. The second-order valence-corrected chi connectivity index (χ2v) is 12.6. The van der Waals surface area contributed by atoms with Crippen LogP contribution in [0, 0.1) is 29.6 Å². The molecule has 16 heteroatoms. The van der Waals surface area contributed by atoms with Gasteiger partial charge in [0.1, 0.15) is 11.9 Å². The summed E-state index contributed by atoms with van der Waals surface area (Å²) in [7, 11) is -5.97. The van der Waals surface area contributed by atoms with E-state index in [1.165, 1.54) is 4.90 Å². The minimum atomic E-state index is -6.49. The van der Waals surface area contributed by atoms with Crippen LogP contribution in [0.5, 0.6) is 0 Å². The van der Waals surface area contributed by atoms with E-state index in [-0.39, 0.29) is 6.42 Å². The standard InChI is InChI=1S/C23H29F6NO8S/c1-10(2)30-16-12-8-13(17(16)37-19(32)11-6-4-3-5-7-11)15(14(12)18(30)31)20(33)38-21(22(24,25)26,23(27,28)29)9-39(34,35)36/h10-17H,3-9H2,1-2H3,(H,34,35,36). The monoisotopic (exact) mass is 593 g/mol. The first-order valence-electron chi connectivity index (χ1n) is 12.6. The summed E-state index contributed by atoms with van der Waals surface area (Å²) >= 11 is 0. The predicted molar refractivity (Wildman–Crippen MR) is 118 cm³/mol. The van der Waals surface area contributed by atoms with E-state index >= 15 is 0 Å². The van der Waals surface area contributed by atoms with Gasteiger partial charge in [0.05, 0.1) is 23.8 Å². The number of hydrogen-bond donors (Lipinski definition) is 1. The minimum Gasteiger partial charge on any atom is -0.460 e. The number of hydrogen-bond acceptors (Lipinski definition) is 7. The van der Waals surface area contributed by atoms with Crippen molar-refractivity contribution in [3.8, 4) is 0 Å². The van der Waals surface area contributed by atoms with Crippen LogP contribution in [0.1, 0.15) is 52.4 Å². The molecule has 3 aliphatic carbocycles. The molecule has 1 saturated heterocycles. The van der Waals surface area contributed by atoms with E-state index in [0.717, 1.165) is 19.3 Å². The molecule has 0 spiro atoms. The number of carbonyl (C=O) groups is 3. The zero-order chi connectivity index (χ0) is 29.3. The summed E-state index contributed by atoms with van der Waals surface area (Å²) in [5, 5.41) is 0. The number of ether oxygens (including phenoxy) is 2. The zero-order valence-electron chi connectivity index (χ0n) is 21.0. The Balaban J connectivity index is 1.70. The molecule has 3 saturated carbocycles. The molecule has 2 bridgehead atoms. The van der Waals surface area contributed by atoms with Crippen LogP contribution in [-0.4, -0.2) is 77.6 Å². The van der Waals surface area contributed by atoms with Crippen LogP contribution < -0.4 is 0 Å². The average molecular weight is 594 g/mol. The molecule has 1 N–H and O–H groups in total. The Labute approximate surface area is 220 Å². The largest absolute Gasteiger partial charge is 0.460 e. The third-order valence-electron chi connectivity index (χ3n) is 8.51. The Bertz CT molecular complexity index is 1100. The van der Waals surface area contributed by atoms with Crippen molar-refractivity contribution in [1.29, 1.82) is 0 Å². The van der Waals surface area contributed by atoms with E-state index in [9.17, 15) is 49.1 Å². The van der Waals surface area contributed by atoms with Gasteiger partial charge in [-0.2, -0.15) is 34.8 Å². The normalized spacial score (nSPS) is 31.7. The Hall–Kier alpha value is -2.10. The third-order valence-corrected chi connectivity index (χ3v) is 9.28. The molecule has 9 nitrogen and oxygen atoms in total. The van der Waals surface area contributed by atoms with Gasteiger partial charge in [-0.3, -0.25) is 18.9 Å². The highest BCUT2D eigenvalue weighted by atomic mass is 32.2. The van der Waals surface area contributed by atoms with Crippen molar-refractivity contribution in [3.05, 3.63) is 0 Å². The van der Waals surface area contributed by atoms with Gasteiger partial charge in [0.2, 0.25) is 5.91 Å². The first kappa shape index (κ1) is 29.9. The van der Waals surface area contributed by atoms with Crippen LogP contribution in [0.25, 0.3) is 0 Å². The number of alkyl halides is 6. The van der Waals surface area contributed by atoms with Crippen molar-refractivity contribution < 1.29 is 63.2 Å². The molecular weight excluding hydrogens is 564 g/mol. The molecule has 4 fully saturated rings. The molecule has 39 heavy (non-hydrogen) atoms. The van der Waals surface area contributed by atoms with Gasteiger partial charge >= 0.3 is 29.9 Å². The van der Waals surface area contributed by atoms with Crippen LogP contribution >= 0.6 is 0 Å². The van der Waals surface area contributed by atoms with Crippen molar-refractivity contribution in [2.75, 3.05) is 5.75 Å². The van der Waals surface area contributed by atoms with Crippen LogP contribution in [-0.2, 0) is 34.0 Å². The van der Waals surface area contributed by atoms with E-state index in [1.54, 1.807) is 13.8 Å². The predicted octanol–water partition coefficient (Wildman–Crippen LogP) is 3.27. The number of likely N-dealkylation sites (tertiary alicyclic amines) is 1. The first-order chi connectivity index (χ1) is 17.8. The molecule has 1 heterocycles. The van der Waals surface area contributed by atoms with Crippen molar-refractivity contribution in [1.82, 2.24) is 4.90 Å². The Morgan fingerprint density at radius 2 is 1.56 bits per heavy atom. The zero-order valence-corrected chi connectivity index (χ0v) is 21.8. The lowest BCUT2D eigenvalue weighted by Crippen LogP contribution is -2.64. The summed E-state index contributed by atoms with van der Waals surface area (Å²) in [6.45, 7) is 3.27. The summed E-state index contributed by atoms with van der Waals surface area (Å²) in [6.07, 6.45) is -10.6. The molecule has 6 unspecified atom stereocenters. The van der Waals surface area contributed by atoms with Gasteiger partial charge in [-0.1, -0.05) is 19.3 Å². The fraction of sp³-hybridized carbons (Fsp3) is 0.870. The molecule has 1 aliphatic heterocycles. The minimum absolute atomic E-state index is 0.00993. The van der Waals surface area contributed by atoms with E-state index in [2.05, 4.69) is 4.74 Å². The smallest absolute Gasteiger partial charge is 0.438 e.